The number of carbonyl (C=O) groups excluding carboxylic acids is 2. The molecule has 1 aliphatic heterocycles. The highest BCUT2D eigenvalue weighted by Gasteiger charge is 2.33. The Morgan fingerprint density at radius 3 is 2.48 bits per heavy atom. The van der Waals surface area contributed by atoms with Crippen molar-refractivity contribution < 1.29 is 27.5 Å². The van der Waals surface area contributed by atoms with E-state index in [9.17, 15) is 22.8 Å². The molecule has 1 saturated heterocycles. The third-order valence-electron chi connectivity index (χ3n) is 4.31. The zero-order valence-electron chi connectivity index (χ0n) is 14.0. The Morgan fingerprint density at radius 1 is 1.24 bits per heavy atom. The molecule has 1 fully saturated rings. The molecule has 0 aromatic heterocycles. The van der Waals surface area contributed by atoms with E-state index in [0.717, 1.165) is 12.4 Å². The van der Waals surface area contributed by atoms with E-state index in [4.69, 9.17) is 4.74 Å². The summed E-state index contributed by atoms with van der Waals surface area (Å²) in [4.78, 5) is 26.2. The van der Waals surface area contributed by atoms with E-state index in [1.54, 1.807) is 0 Å². The van der Waals surface area contributed by atoms with Crippen molar-refractivity contribution in [3.63, 3.8) is 0 Å². The smallest absolute Gasteiger partial charge is 0.416 e. The number of piperazine rings is 1. The Hall–Kier alpha value is -2.09. The highest BCUT2D eigenvalue weighted by Crippen LogP contribution is 2.32. The average molecular weight is 358 g/mol. The molecular weight excluding hydrogens is 337 g/mol. The van der Waals surface area contributed by atoms with Gasteiger partial charge in [-0.25, -0.2) is 4.79 Å². The first-order chi connectivity index (χ1) is 11.8. The van der Waals surface area contributed by atoms with Crippen LogP contribution in [0.15, 0.2) is 24.3 Å². The quantitative estimate of drug-likeness (QED) is 0.760. The average Bonchev–Trinajstić information content (AvgIpc) is 2.59. The molecule has 1 atom stereocenters. The van der Waals surface area contributed by atoms with Gasteiger partial charge in [0.15, 0.2) is 0 Å². The number of ether oxygens (including phenoxy) is 1. The van der Waals surface area contributed by atoms with Gasteiger partial charge in [0.05, 0.1) is 5.56 Å². The van der Waals surface area contributed by atoms with Gasteiger partial charge >= 0.3 is 12.3 Å². The molecule has 0 aliphatic carbocycles. The highest BCUT2D eigenvalue weighted by atomic mass is 19.4. The molecule has 1 aromatic carbocycles. The van der Waals surface area contributed by atoms with Crippen molar-refractivity contribution in [2.45, 2.75) is 32.2 Å². The van der Waals surface area contributed by atoms with E-state index in [1.165, 1.54) is 23.1 Å². The lowest BCUT2D eigenvalue weighted by Crippen LogP contribution is -2.51. The molecule has 8 heteroatoms. The van der Waals surface area contributed by atoms with Gasteiger partial charge in [0, 0.05) is 44.2 Å². The summed E-state index contributed by atoms with van der Waals surface area (Å²) in [7, 11) is 0. The zero-order chi connectivity index (χ0) is 18.4. The predicted molar refractivity (Wildman–Crippen MR) is 84.9 cm³/mol. The van der Waals surface area contributed by atoms with E-state index in [2.05, 4.69) is 4.90 Å². The molecule has 1 unspecified atom stereocenters. The second-order valence-electron chi connectivity index (χ2n) is 5.98. The maximum Gasteiger partial charge on any atom is 0.416 e. The van der Waals surface area contributed by atoms with Crippen molar-refractivity contribution in [2.24, 2.45) is 0 Å². The number of nitrogens with zero attached hydrogens (tertiary/aromatic N) is 2. The summed E-state index contributed by atoms with van der Waals surface area (Å²) >= 11 is 0. The van der Waals surface area contributed by atoms with Crippen LogP contribution in [0, 0.1) is 0 Å². The Bertz CT molecular complexity index is 599. The van der Waals surface area contributed by atoms with E-state index < -0.39 is 24.4 Å². The molecule has 1 aliphatic rings. The number of amides is 1. The monoisotopic (exact) mass is 358 g/mol. The fourth-order valence-corrected chi connectivity index (χ4v) is 2.79. The Kier molecular flexibility index (Phi) is 6.41. The molecule has 0 saturated carbocycles. The molecule has 1 amide bonds. The zero-order valence-corrected chi connectivity index (χ0v) is 14.0. The minimum Gasteiger partial charge on any atom is -0.445 e. The predicted octanol–water partition coefficient (Wildman–Crippen LogP) is 2.94. The third kappa shape index (κ3) is 5.19. The molecule has 138 valence electrons. The van der Waals surface area contributed by atoms with Crippen LogP contribution in [0.1, 0.15) is 24.5 Å². The molecule has 1 heterocycles. The molecular formula is C17H21F3N2O3. The molecule has 1 aromatic rings. The number of alkyl halides is 3. The van der Waals surface area contributed by atoms with Crippen LogP contribution in [0.25, 0.3) is 0 Å². The normalized spacial score (nSPS) is 17.2. The Labute approximate surface area is 144 Å². The van der Waals surface area contributed by atoms with Gasteiger partial charge < -0.3 is 14.4 Å². The van der Waals surface area contributed by atoms with Crippen molar-refractivity contribution in [3.8, 4) is 0 Å². The lowest BCUT2D eigenvalue weighted by Gasteiger charge is -2.37. The van der Waals surface area contributed by atoms with Gasteiger partial charge in [-0.15, -0.1) is 0 Å². The first kappa shape index (κ1) is 19.2. The van der Waals surface area contributed by atoms with Gasteiger partial charge in [-0.2, -0.15) is 13.2 Å². The minimum atomic E-state index is -4.48. The second-order valence-corrected chi connectivity index (χ2v) is 5.98. The largest absolute Gasteiger partial charge is 0.445 e. The summed E-state index contributed by atoms with van der Waals surface area (Å²) in [5.74, 6) is 0. The lowest BCUT2D eigenvalue weighted by molar-refractivity contribution is -0.138. The van der Waals surface area contributed by atoms with Crippen molar-refractivity contribution >= 4 is 12.4 Å². The highest BCUT2D eigenvalue weighted by molar-refractivity contribution is 5.67. The Morgan fingerprint density at radius 2 is 1.88 bits per heavy atom. The van der Waals surface area contributed by atoms with Crippen LogP contribution in [-0.2, 0) is 22.3 Å². The SMILES string of the molecule is CC(CC=O)N1CCN(C(=O)OCc2ccccc2C(F)(F)F)CC1. The van der Waals surface area contributed by atoms with E-state index in [1.807, 2.05) is 6.92 Å². The molecule has 2 rings (SSSR count). The Balaban J connectivity index is 1.87. The fourth-order valence-electron chi connectivity index (χ4n) is 2.79. The number of benzene rings is 1. The standard InChI is InChI=1S/C17H21F3N2O3/c1-13(6-11-23)21-7-9-22(10-8-21)16(24)25-12-14-4-2-3-5-15(14)17(18,19)20/h2-5,11,13H,6-10,12H2,1H3. The summed E-state index contributed by atoms with van der Waals surface area (Å²) in [6.45, 7) is 3.56. The number of halogens is 3. The fraction of sp³-hybridized carbons (Fsp3) is 0.529. The van der Waals surface area contributed by atoms with Crippen LogP contribution in [0.2, 0.25) is 0 Å². The summed E-state index contributed by atoms with van der Waals surface area (Å²) in [5.41, 5.74) is -0.864. The van der Waals surface area contributed by atoms with Crippen LogP contribution in [0.3, 0.4) is 0 Å². The first-order valence-electron chi connectivity index (χ1n) is 8.07. The maximum absolute atomic E-state index is 12.9. The van der Waals surface area contributed by atoms with Crippen molar-refractivity contribution in [2.75, 3.05) is 26.2 Å². The van der Waals surface area contributed by atoms with Gasteiger partial charge in [-0.3, -0.25) is 4.90 Å². The van der Waals surface area contributed by atoms with Crippen molar-refractivity contribution in [3.05, 3.63) is 35.4 Å². The molecule has 25 heavy (non-hydrogen) atoms. The second kappa shape index (κ2) is 8.33. The van der Waals surface area contributed by atoms with Crippen LogP contribution >= 0.6 is 0 Å². The van der Waals surface area contributed by atoms with Gasteiger partial charge in [-0.05, 0) is 13.0 Å². The van der Waals surface area contributed by atoms with Crippen LogP contribution in [0.5, 0.6) is 0 Å². The number of rotatable bonds is 5. The van der Waals surface area contributed by atoms with Crippen LogP contribution in [0.4, 0.5) is 18.0 Å². The lowest BCUT2D eigenvalue weighted by atomic mass is 10.1. The van der Waals surface area contributed by atoms with Gasteiger partial charge in [-0.1, -0.05) is 18.2 Å². The minimum absolute atomic E-state index is 0.0680. The molecule has 0 N–H and O–H groups in total. The summed E-state index contributed by atoms with van der Waals surface area (Å²) in [6, 6.07) is 5.15. The number of hydrogen-bond acceptors (Lipinski definition) is 4. The summed E-state index contributed by atoms with van der Waals surface area (Å²) in [5, 5.41) is 0. The number of aldehydes is 1. The molecule has 0 bridgehead atoms. The molecule has 0 spiro atoms. The van der Waals surface area contributed by atoms with Gasteiger partial charge in [0.25, 0.3) is 0 Å². The number of hydrogen-bond donors (Lipinski definition) is 0. The number of carbonyl (C=O) groups is 2. The maximum atomic E-state index is 12.9. The topological polar surface area (TPSA) is 49.9 Å². The molecule has 5 nitrogen and oxygen atoms in total. The van der Waals surface area contributed by atoms with Crippen molar-refractivity contribution in [1.29, 1.82) is 0 Å². The first-order valence-corrected chi connectivity index (χ1v) is 8.07. The van der Waals surface area contributed by atoms with Gasteiger partial charge in [0.2, 0.25) is 0 Å². The summed E-state index contributed by atoms with van der Waals surface area (Å²) in [6.07, 6.45) is -3.81. The van der Waals surface area contributed by atoms with Crippen molar-refractivity contribution in [1.82, 2.24) is 9.80 Å². The molecule has 0 radical (unpaired) electrons. The van der Waals surface area contributed by atoms with Crippen LogP contribution < -0.4 is 0 Å². The third-order valence-corrected chi connectivity index (χ3v) is 4.31. The van der Waals surface area contributed by atoms with E-state index >= 15 is 0 Å². The van der Waals surface area contributed by atoms with E-state index in [0.29, 0.717) is 32.6 Å². The van der Waals surface area contributed by atoms with E-state index in [-0.39, 0.29) is 11.6 Å². The van der Waals surface area contributed by atoms with Gasteiger partial charge in [0.1, 0.15) is 12.9 Å². The van der Waals surface area contributed by atoms with Crippen LogP contribution in [-0.4, -0.2) is 54.4 Å². The summed E-state index contributed by atoms with van der Waals surface area (Å²) < 4.78 is 43.8.